The van der Waals surface area contributed by atoms with Gasteiger partial charge in [0.05, 0.1) is 7.11 Å². The largest absolute Gasteiger partial charge is 0.453 e. The Morgan fingerprint density at radius 1 is 1.54 bits per heavy atom. The van der Waals surface area contributed by atoms with Crippen molar-refractivity contribution in [3.8, 4) is 0 Å². The molecule has 1 unspecified atom stereocenters. The maximum atomic E-state index is 11.3. The number of carbonyl (C=O) groups is 1. The number of nitrogens with zero attached hydrogens (tertiary/aromatic N) is 1. The highest BCUT2D eigenvalue weighted by atomic mass is 16.5. The molecule has 1 atom stereocenters. The van der Waals surface area contributed by atoms with Crippen LogP contribution in [-0.4, -0.2) is 31.2 Å². The Bertz CT molecular complexity index is 201. The summed E-state index contributed by atoms with van der Waals surface area (Å²) in [6, 6.07) is 0. The van der Waals surface area contributed by atoms with Crippen LogP contribution >= 0.6 is 0 Å². The van der Waals surface area contributed by atoms with Crippen LogP contribution in [0.3, 0.4) is 0 Å². The molecular formula is C10H19NO2. The molecule has 3 nitrogen and oxygen atoms in total. The van der Waals surface area contributed by atoms with Crippen molar-refractivity contribution >= 4 is 6.09 Å². The van der Waals surface area contributed by atoms with Crippen LogP contribution in [-0.2, 0) is 4.74 Å². The van der Waals surface area contributed by atoms with Gasteiger partial charge < -0.3 is 9.64 Å². The summed E-state index contributed by atoms with van der Waals surface area (Å²) in [5, 5.41) is 0. The summed E-state index contributed by atoms with van der Waals surface area (Å²) in [5.74, 6) is 0.674. The number of hydrogen-bond donors (Lipinski definition) is 0. The third-order valence-corrected chi connectivity index (χ3v) is 3.20. The molecule has 0 aromatic rings. The van der Waals surface area contributed by atoms with Gasteiger partial charge in [0, 0.05) is 13.1 Å². The van der Waals surface area contributed by atoms with Crippen molar-refractivity contribution in [1.82, 2.24) is 4.90 Å². The average molecular weight is 185 g/mol. The first-order valence-corrected chi connectivity index (χ1v) is 4.80. The molecule has 0 aromatic carbocycles. The van der Waals surface area contributed by atoms with Gasteiger partial charge in [0.15, 0.2) is 0 Å². The Hall–Kier alpha value is -0.730. The molecule has 1 heterocycles. The van der Waals surface area contributed by atoms with Crippen molar-refractivity contribution in [1.29, 1.82) is 0 Å². The number of ether oxygens (including phenoxy) is 1. The lowest BCUT2D eigenvalue weighted by atomic mass is 9.75. The van der Waals surface area contributed by atoms with E-state index in [2.05, 4.69) is 20.8 Å². The molecule has 1 rings (SSSR count). The van der Waals surface area contributed by atoms with Crippen LogP contribution in [0, 0.1) is 11.3 Å². The number of carbonyl (C=O) groups excluding carboxylic acids is 1. The molecule has 1 aliphatic rings. The summed E-state index contributed by atoms with van der Waals surface area (Å²) in [4.78, 5) is 13.1. The summed E-state index contributed by atoms with van der Waals surface area (Å²) in [5.41, 5.74) is 0.215. The van der Waals surface area contributed by atoms with E-state index in [1.54, 1.807) is 4.90 Å². The minimum atomic E-state index is -0.194. The number of methoxy groups -OCH3 is 1. The van der Waals surface area contributed by atoms with Gasteiger partial charge in [0.2, 0.25) is 0 Å². The van der Waals surface area contributed by atoms with E-state index < -0.39 is 0 Å². The van der Waals surface area contributed by atoms with E-state index in [0.29, 0.717) is 5.92 Å². The summed E-state index contributed by atoms with van der Waals surface area (Å²) in [7, 11) is 1.44. The number of likely N-dealkylation sites (tertiary alicyclic amines) is 1. The van der Waals surface area contributed by atoms with Crippen LogP contribution in [0.25, 0.3) is 0 Å². The Labute approximate surface area is 80.1 Å². The van der Waals surface area contributed by atoms with Gasteiger partial charge in [-0.25, -0.2) is 4.79 Å². The van der Waals surface area contributed by atoms with Crippen molar-refractivity contribution in [3.05, 3.63) is 0 Å². The fourth-order valence-electron chi connectivity index (χ4n) is 1.75. The van der Waals surface area contributed by atoms with Crippen LogP contribution in [0.4, 0.5) is 4.79 Å². The van der Waals surface area contributed by atoms with Gasteiger partial charge in [-0.2, -0.15) is 0 Å². The lowest BCUT2D eigenvalue weighted by molar-refractivity contribution is 0.0520. The van der Waals surface area contributed by atoms with Crippen LogP contribution in [0.1, 0.15) is 27.2 Å². The number of piperidine rings is 1. The van der Waals surface area contributed by atoms with E-state index in [9.17, 15) is 4.79 Å². The molecule has 13 heavy (non-hydrogen) atoms. The second kappa shape index (κ2) is 3.56. The van der Waals surface area contributed by atoms with E-state index >= 15 is 0 Å². The quantitative estimate of drug-likeness (QED) is 0.578. The van der Waals surface area contributed by atoms with Gasteiger partial charge >= 0.3 is 6.09 Å². The van der Waals surface area contributed by atoms with Crippen molar-refractivity contribution in [3.63, 3.8) is 0 Å². The van der Waals surface area contributed by atoms with Crippen LogP contribution in [0.5, 0.6) is 0 Å². The molecule has 0 saturated carbocycles. The highest BCUT2D eigenvalue weighted by Gasteiger charge is 2.34. The molecule has 0 N–H and O–H groups in total. The molecule has 3 heteroatoms. The van der Waals surface area contributed by atoms with Gasteiger partial charge in [0.25, 0.3) is 0 Å². The topological polar surface area (TPSA) is 29.5 Å². The zero-order valence-corrected chi connectivity index (χ0v) is 8.96. The number of hydrogen-bond acceptors (Lipinski definition) is 2. The highest BCUT2D eigenvalue weighted by Crippen LogP contribution is 2.34. The summed E-state index contributed by atoms with van der Waals surface area (Å²) in [6.45, 7) is 8.28. The third kappa shape index (κ3) is 2.14. The monoisotopic (exact) mass is 185 g/mol. The molecule has 76 valence electrons. The van der Waals surface area contributed by atoms with E-state index in [0.717, 1.165) is 19.5 Å². The molecule has 1 saturated heterocycles. The van der Waals surface area contributed by atoms with Gasteiger partial charge in [-0.3, -0.25) is 0 Å². The Morgan fingerprint density at radius 2 is 2.15 bits per heavy atom. The third-order valence-electron chi connectivity index (χ3n) is 3.20. The van der Waals surface area contributed by atoms with E-state index in [4.69, 9.17) is 4.74 Å². The molecular weight excluding hydrogens is 166 g/mol. The predicted octanol–water partition coefficient (Wildman–Crippen LogP) is 2.12. The summed E-state index contributed by atoms with van der Waals surface area (Å²) >= 11 is 0. The lowest BCUT2D eigenvalue weighted by Gasteiger charge is -2.42. The fourth-order valence-corrected chi connectivity index (χ4v) is 1.75. The first-order chi connectivity index (χ1) is 5.97. The fraction of sp³-hybridized carbons (Fsp3) is 0.900. The minimum Gasteiger partial charge on any atom is -0.453 e. The van der Waals surface area contributed by atoms with Gasteiger partial charge in [-0.1, -0.05) is 20.8 Å². The smallest absolute Gasteiger partial charge is 0.409 e. The van der Waals surface area contributed by atoms with Gasteiger partial charge in [-0.05, 0) is 17.8 Å². The molecule has 1 fully saturated rings. The molecule has 0 spiro atoms. The molecule has 0 bridgehead atoms. The highest BCUT2D eigenvalue weighted by molar-refractivity contribution is 5.67. The van der Waals surface area contributed by atoms with Crippen molar-refractivity contribution in [2.75, 3.05) is 20.2 Å². The van der Waals surface area contributed by atoms with E-state index in [-0.39, 0.29) is 11.5 Å². The number of rotatable bonds is 0. The van der Waals surface area contributed by atoms with E-state index in [1.165, 1.54) is 7.11 Å². The van der Waals surface area contributed by atoms with E-state index in [1.807, 2.05) is 0 Å². The first kappa shape index (κ1) is 10.4. The van der Waals surface area contributed by atoms with Crippen molar-refractivity contribution < 1.29 is 9.53 Å². The second-order valence-corrected chi connectivity index (χ2v) is 4.57. The normalized spacial score (nSPS) is 27.1. The lowest BCUT2D eigenvalue weighted by Crippen LogP contribution is -2.47. The van der Waals surface area contributed by atoms with Crippen molar-refractivity contribution in [2.45, 2.75) is 27.2 Å². The van der Waals surface area contributed by atoms with Gasteiger partial charge in [0.1, 0.15) is 0 Å². The molecule has 0 radical (unpaired) electrons. The minimum absolute atomic E-state index is 0.194. The van der Waals surface area contributed by atoms with Crippen LogP contribution in [0.15, 0.2) is 0 Å². The second-order valence-electron chi connectivity index (χ2n) is 4.57. The molecule has 0 aliphatic carbocycles. The maximum absolute atomic E-state index is 11.3. The first-order valence-electron chi connectivity index (χ1n) is 4.80. The maximum Gasteiger partial charge on any atom is 0.409 e. The molecule has 1 aliphatic heterocycles. The number of amides is 1. The zero-order chi connectivity index (χ0) is 10.1. The summed E-state index contributed by atoms with van der Waals surface area (Å²) in [6.07, 6.45) is 0.877. The Morgan fingerprint density at radius 3 is 2.62 bits per heavy atom. The Balaban J connectivity index is 2.60. The van der Waals surface area contributed by atoms with Crippen LogP contribution in [0.2, 0.25) is 0 Å². The SMILES string of the molecule is COC(=O)N1CCC(C)C(C)(C)C1. The molecule has 0 aromatic heterocycles. The molecule has 1 amide bonds. The van der Waals surface area contributed by atoms with Gasteiger partial charge in [-0.15, -0.1) is 0 Å². The predicted molar refractivity (Wildman–Crippen MR) is 51.5 cm³/mol. The average Bonchev–Trinajstić information content (AvgIpc) is 2.08. The summed E-state index contributed by atoms with van der Waals surface area (Å²) < 4.78 is 4.71. The zero-order valence-electron chi connectivity index (χ0n) is 8.96. The van der Waals surface area contributed by atoms with Crippen molar-refractivity contribution in [2.24, 2.45) is 11.3 Å². The van der Waals surface area contributed by atoms with Crippen LogP contribution < -0.4 is 0 Å². The Kier molecular flexibility index (Phi) is 2.84. The standard InChI is InChI=1S/C10H19NO2/c1-8-5-6-11(9(12)13-4)7-10(8,2)3/h8H,5-7H2,1-4H3.